The average Bonchev–Trinajstić information content (AvgIpc) is 3.61. The van der Waals surface area contributed by atoms with Crippen molar-refractivity contribution in [1.82, 2.24) is 4.90 Å². The second kappa shape index (κ2) is 11.6. The lowest BCUT2D eigenvalue weighted by atomic mass is 9.70. The molecule has 2 aromatic carbocycles. The van der Waals surface area contributed by atoms with Crippen molar-refractivity contribution in [1.29, 1.82) is 0 Å². The SMILES string of the molecule is C=CCN(C(=O)[C@@H]1[C@H]2C(=O)N(CCCO)C(C(=O)N(CC=C)c3ccccc3Cl)C23CC[C@H]1O3)c1ccccc1. The van der Waals surface area contributed by atoms with Gasteiger partial charge in [-0.15, -0.1) is 13.2 Å². The number of aliphatic hydroxyl groups excluding tert-OH is 1. The molecule has 9 heteroatoms. The third kappa shape index (κ3) is 4.54. The van der Waals surface area contributed by atoms with Crippen LogP contribution in [0.5, 0.6) is 0 Å². The van der Waals surface area contributed by atoms with Crippen LogP contribution in [0.15, 0.2) is 79.9 Å². The maximum absolute atomic E-state index is 14.4. The lowest BCUT2D eigenvalue weighted by Crippen LogP contribution is -2.56. The Labute approximate surface area is 239 Å². The van der Waals surface area contributed by atoms with Crippen LogP contribution in [-0.2, 0) is 19.1 Å². The van der Waals surface area contributed by atoms with E-state index in [1.807, 2.05) is 30.3 Å². The van der Waals surface area contributed by atoms with Crippen LogP contribution in [0.4, 0.5) is 11.4 Å². The van der Waals surface area contributed by atoms with Crippen molar-refractivity contribution in [3.8, 4) is 0 Å². The molecule has 3 heterocycles. The van der Waals surface area contributed by atoms with Crippen molar-refractivity contribution in [3.63, 3.8) is 0 Å². The number of amides is 3. The number of para-hydroxylation sites is 2. The first-order valence-electron chi connectivity index (χ1n) is 13.6. The van der Waals surface area contributed by atoms with Crippen LogP contribution < -0.4 is 9.80 Å². The summed E-state index contributed by atoms with van der Waals surface area (Å²) < 4.78 is 6.59. The van der Waals surface area contributed by atoms with Gasteiger partial charge in [0.2, 0.25) is 11.8 Å². The molecule has 3 amide bonds. The first kappa shape index (κ1) is 28.1. The zero-order valence-corrected chi connectivity index (χ0v) is 23.1. The molecule has 3 saturated heterocycles. The molecule has 5 atom stereocenters. The highest BCUT2D eigenvalue weighted by Gasteiger charge is 2.75. The van der Waals surface area contributed by atoms with E-state index in [0.717, 1.165) is 0 Å². The molecular weight excluding hydrogens is 530 g/mol. The van der Waals surface area contributed by atoms with Crippen molar-refractivity contribution in [2.75, 3.05) is 36.0 Å². The molecule has 1 spiro atoms. The molecule has 0 aromatic heterocycles. The topological polar surface area (TPSA) is 90.4 Å². The Bertz CT molecular complexity index is 1300. The number of hydrogen-bond acceptors (Lipinski definition) is 5. The van der Waals surface area contributed by atoms with Crippen molar-refractivity contribution >= 4 is 40.7 Å². The predicted molar refractivity (Wildman–Crippen MR) is 154 cm³/mol. The Morgan fingerprint density at radius 2 is 1.73 bits per heavy atom. The van der Waals surface area contributed by atoms with E-state index >= 15 is 0 Å². The maximum atomic E-state index is 14.4. The Kier molecular flexibility index (Phi) is 8.12. The minimum Gasteiger partial charge on any atom is -0.396 e. The summed E-state index contributed by atoms with van der Waals surface area (Å²) in [6.45, 7) is 8.12. The molecule has 0 aliphatic carbocycles. The van der Waals surface area contributed by atoms with Gasteiger partial charge in [0.25, 0.3) is 5.91 Å². The molecule has 2 unspecified atom stereocenters. The number of likely N-dealkylation sites (tertiary alicyclic amines) is 1. The zero-order chi connectivity index (χ0) is 28.4. The Hall–Kier alpha value is -3.46. The number of aliphatic hydroxyl groups is 1. The minimum absolute atomic E-state index is 0.143. The van der Waals surface area contributed by atoms with Crippen LogP contribution in [0.1, 0.15) is 19.3 Å². The molecular formula is C31H34ClN3O5. The van der Waals surface area contributed by atoms with E-state index < -0.39 is 29.6 Å². The van der Waals surface area contributed by atoms with E-state index in [9.17, 15) is 19.5 Å². The summed E-state index contributed by atoms with van der Waals surface area (Å²) in [5.41, 5.74) is 0.0476. The fraction of sp³-hybridized carbons (Fsp3) is 0.387. The van der Waals surface area contributed by atoms with Gasteiger partial charge in [-0.05, 0) is 43.5 Å². The molecule has 3 fully saturated rings. The van der Waals surface area contributed by atoms with Crippen LogP contribution >= 0.6 is 11.6 Å². The van der Waals surface area contributed by atoms with Gasteiger partial charge < -0.3 is 24.5 Å². The summed E-state index contributed by atoms with van der Waals surface area (Å²) in [5.74, 6) is -2.43. The number of carbonyl (C=O) groups is 3. The summed E-state index contributed by atoms with van der Waals surface area (Å²) in [6.07, 6.45) is 4.10. The molecule has 0 saturated carbocycles. The number of halogens is 1. The van der Waals surface area contributed by atoms with Crippen molar-refractivity contribution < 1.29 is 24.2 Å². The molecule has 0 radical (unpaired) electrons. The van der Waals surface area contributed by atoms with Gasteiger partial charge >= 0.3 is 0 Å². The van der Waals surface area contributed by atoms with Crippen LogP contribution in [-0.4, -0.2) is 71.7 Å². The zero-order valence-electron chi connectivity index (χ0n) is 22.3. The van der Waals surface area contributed by atoms with E-state index in [1.54, 1.807) is 41.3 Å². The fourth-order valence-electron chi connectivity index (χ4n) is 6.69. The Balaban J connectivity index is 1.56. The van der Waals surface area contributed by atoms with Gasteiger partial charge in [0.05, 0.1) is 28.6 Å². The molecule has 3 aliphatic rings. The summed E-state index contributed by atoms with van der Waals surface area (Å²) in [6, 6.07) is 15.3. The van der Waals surface area contributed by atoms with Crippen molar-refractivity contribution in [3.05, 3.63) is 84.9 Å². The third-order valence-electron chi connectivity index (χ3n) is 8.24. The van der Waals surface area contributed by atoms with E-state index in [1.165, 1.54) is 9.80 Å². The summed E-state index contributed by atoms with van der Waals surface area (Å²) in [7, 11) is 0. The Morgan fingerprint density at radius 1 is 1.05 bits per heavy atom. The molecule has 8 nitrogen and oxygen atoms in total. The van der Waals surface area contributed by atoms with Crippen LogP contribution in [0.3, 0.4) is 0 Å². The highest BCUT2D eigenvalue weighted by molar-refractivity contribution is 6.34. The van der Waals surface area contributed by atoms with Crippen LogP contribution in [0.2, 0.25) is 5.02 Å². The molecule has 3 aliphatic heterocycles. The lowest BCUT2D eigenvalue weighted by molar-refractivity contribution is -0.141. The van der Waals surface area contributed by atoms with Crippen molar-refractivity contribution in [2.45, 2.75) is 37.0 Å². The summed E-state index contributed by atoms with van der Waals surface area (Å²) in [5, 5.41) is 10.0. The standard InChI is InChI=1S/C31H34ClN3O5/c1-3-17-33(21-11-6-5-7-12-21)28(37)25-24-15-16-31(40-24)26(25)29(38)35(19-10-20-36)27(31)30(39)34(18-4-2)23-14-9-8-13-22(23)32/h3-9,11-14,24-27,36H,1-2,10,15-20H2/t24-,25+,26+,27?,31?/m1/s1. The monoisotopic (exact) mass is 563 g/mol. The van der Waals surface area contributed by atoms with Gasteiger partial charge in [-0.25, -0.2) is 0 Å². The van der Waals surface area contributed by atoms with Gasteiger partial charge in [0.1, 0.15) is 11.6 Å². The third-order valence-corrected chi connectivity index (χ3v) is 8.56. The number of hydrogen-bond donors (Lipinski definition) is 1. The lowest BCUT2D eigenvalue weighted by Gasteiger charge is -2.37. The minimum atomic E-state index is -1.16. The predicted octanol–water partition coefficient (Wildman–Crippen LogP) is 3.84. The number of carbonyl (C=O) groups excluding carboxylic acids is 3. The van der Waals surface area contributed by atoms with Gasteiger partial charge in [-0.3, -0.25) is 14.4 Å². The first-order valence-corrected chi connectivity index (χ1v) is 14.0. The summed E-state index contributed by atoms with van der Waals surface area (Å²) in [4.78, 5) is 47.4. The second-order valence-electron chi connectivity index (χ2n) is 10.4. The number of benzene rings is 2. The van der Waals surface area contributed by atoms with Crippen LogP contribution in [0.25, 0.3) is 0 Å². The van der Waals surface area contributed by atoms with Gasteiger partial charge in [0, 0.05) is 31.9 Å². The van der Waals surface area contributed by atoms with Gasteiger partial charge in [-0.2, -0.15) is 0 Å². The molecule has 40 heavy (non-hydrogen) atoms. The quantitative estimate of drug-likeness (QED) is 0.420. The highest BCUT2D eigenvalue weighted by atomic mass is 35.5. The molecule has 5 rings (SSSR count). The van der Waals surface area contributed by atoms with Gasteiger partial charge in [0.15, 0.2) is 0 Å². The second-order valence-corrected chi connectivity index (χ2v) is 10.8. The van der Waals surface area contributed by atoms with Crippen molar-refractivity contribution in [2.24, 2.45) is 11.8 Å². The molecule has 210 valence electrons. The Morgan fingerprint density at radius 3 is 2.40 bits per heavy atom. The molecule has 2 bridgehead atoms. The number of rotatable bonds is 11. The van der Waals surface area contributed by atoms with Crippen LogP contribution in [0, 0.1) is 11.8 Å². The highest BCUT2D eigenvalue weighted by Crippen LogP contribution is 2.59. The molecule has 2 aromatic rings. The number of nitrogens with zero attached hydrogens (tertiary/aromatic N) is 3. The van der Waals surface area contributed by atoms with E-state index in [2.05, 4.69) is 13.2 Å². The number of anilines is 2. The largest absolute Gasteiger partial charge is 0.396 e. The number of fused-ring (bicyclic) bond motifs is 1. The first-order chi connectivity index (χ1) is 19.4. The van der Waals surface area contributed by atoms with Gasteiger partial charge in [-0.1, -0.05) is 54.1 Å². The fourth-order valence-corrected chi connectivity index (χ4v) is 6.93. The maximum Gasteiger partial charge on any atom is 0.253 e. The smallest absolute Gasteiger partial charge is 0.253 e. The average molecular weight is 564 g/mol. The van der Waals surface area contributed by atoms with E-state index in [4.69, 9.17) is 16.3 Å². The summed E-state index contributed by atoms with van der Waals surface area (Å²) >= 11 is 6.50. The normalized spacial score (nSPS) is 26.4. The van der Waals surface area contributed by atoms with E-state index in [0.29, 0.717) is 35.7 Å². The van der Waals surface area contributed by atoms with E-state index in [-0.39, 0.29) is 44.0 Å². The molecule has 1 N–H and O–H groups in total. The number of ether oxygens (including phenoxy) is 1.